The number of hydrogen-bond acceptors (Lipinski definition) is 8. The molecule has 36 heavy (non-hydrogen) atoms. The van der Waals surface area contributed by atoms with Crippen LogP contribution in [0.4, 0.5) is 0 Å². The molecular formula is C27H31N3O6. The summed E-state index contributed by atoms with van der Waals surface area (Å²) in [6.45, 7) is 3.23. The third-order valence-corrected chi connectivity index (χ3v) is 6.10. The standard InChI is InChI=1S/C27H31N3O6/c1-17-28-26(30-36-17)22-15-23(33-3)24(34-16-19-10-6-4-7-11-19)14-21(22)25(35-18(2)31)27(32)29-20-12-8-5-9-13-20/h4,6-7,10-11,14-15,20,25H,5,8-9,12-13,16H2,1-3H3,(H,29,32). The lowest BCUT2D eigenvalue weighted by Crippen LogP contribution is -2.40. The van der Waals surface area contributed by atoms with Crippen molar-refractivity contribution in [1.82, 2.24) is 15.5 Å². The fraction of sp³-hybridized carbons (Fsp3) is 0.407. The van der Waals surface area contributed by atoms with Crippen LogP contribution >= 0.6 is 0 Å². The summed E-state index contributed by atoms with van der Waals surface area (Å²) in [4.78, 5) is 29.9. The van der Waals surface area contributed by atoms with Gasteiger partial charge in [-0.3, -0.25) is 9.59 Å². The molecule has 1 aliphatic rings. The Labute approximate surface area is 210 Å². The average molecular weight is 494 g/mol. The molecule has 0 aliphatic heterocycles. The summed E-state index contributed by atoms with van der Waals surface area (Å²) in [6, 6.07) is 13.0. The Hall–Kier alpha value is -3.88. The molecule has 1 atom stereocenters. The van der Waals surface area contributed by atoms with Gasteiger partial charge in [0, 0.05) is 31.0 Å². The van der Waals surface area contributed by atoms with Crippen LogP contribution in [0.1, 0.15) is 62.1 Å². The molecule has 0 bridgehead atoms. The van der Waals surface area contributed by atoms with Gasteiger partial charge >= 0.3 is 5.97 Å². The van der Waals surface area contributed by atoms with Crippen LogP contribution in [0.3, 0.4) is 0 Å². The van der Waals surface area contributed by atoms with E-state index >= 15 is 0 Å². The number of aryl methyl sites for hydroxylation is 1. The molecule has 1 aliphatic carbocycles. The SMILES string of the molecule is COc1cc(-c2noc(C)n2)c(C(OC(C)=O)C(=O)NC2CCCCC2)cc1OCc1ccccc1. The molecule has 1 fully saturated rings. The molecule has 0 radical (unpaired) electrons. The molecular weight excluding hydrogens is 462 g/mol. The second-order valence-corrected chi connectivity index (χ2v) is 8.83. The summed E-state index contributed by atoms with van der Waals surface area (Å²) in [7, 11) is 1.52. The van der Waals surface area contributed by atoms with Gasteiger partial charge in [0.25, 0.3) is 5.91 Å². The van der Waals surface area contributed by atoms with Crippen LogP contribution in [0.25, 0.3) is 11.4 Å². The highest BCUT2D eigenvalue weighted by atomic mass is 16.5. The minimum atomic E-state index is -1.23. The maximum atomic E-state index is 13.5. The van der Waals surface area contributed by atoms with Crippen LogP contribution in [0.5, 0.6) is 11.5 Å². The van der Waals surface area contributed by atoms with Crippen molar-refractivity contribution >= 4 is 11.9 Å². The van der Waals surface area contributed by atoms with Crippen LogP contribution in [-0.4, -0.2) is 35.2 Å². The van der Waals surface area contributed by atoms with Crippen molar-refractivity contribution in [2.75, 3.05) is 7.11 Å². The zero-order valence-corrected chi connectivity index (χ0v) is 20.8. The highest BCUT2D eigenvalue weighted by molar-refractivity contribution is 5.87. The maximum absolute atomic E-state index is 13.5. The highest BCUT2D eigenvalue weighted by Gasteiger charge is 2.32. The van der Waals surface area contributed by atoms with Gasteiger partial charge in [-0.2, -0.15) is 4.98 Å². The molecule has 190 valence electrons. The zero-order chi connectivity index (χ0) is 25.5. The molecule has 0 spiro atoms. The topological polar surface area (TPSA) is 113 Å². The van der Waals surface area contributed by atoms with Crippen LogP contribution < -0.4 is 14.8 Å². The van der Waals surface area contributed by atoms with Gasteiger partial charge in [-0.25, -0.2) is 0 Å². The predicted molar refractivity (Wildman–Crippen MR) is 131 cm³/mol. The van der Waals surface area contributed by atoms with Crippen molar-refractivity contribution in [3.63, 3.8) is 0 Å². The van der Waals surface area contributed by atoms with Gasteiger partial charge in [0.2, 0.25) is 17.8 Å². The first-order valence-corrected chi connectivity index (χ1v) is 12.1. The summed E-state index contributed by atoms with van der Waals surface area (Å²) in [5.41, 5.74) is 1.79. The Morgan fingerprint density at radius 2 is 1.86 bits per heavy atom. The summed E-state index contributed by atoms with van der Waals surface area (Å²) >= 11 is 0. The van der Waals surface area contributed by atoms with E-state index in [1.165, 1.54) is 14.0 Å². The van der Waals surface area contributed by atoms with E-state index in [0.717, 1.165) is 37.7 Å². The number of carbonyl (C=O) groups is 2. The number of hydrogen-bond donors (Lipinski definition) is 1. The third kappa shape index (κ3) is 6.21. The monoisotopic (exact) mass is 493 g/mol. The Kier molecular flexibility index (Phi) is 8.20. The van der Waals surface area contributed by atoms with Crippen molar-refractivity contribution in [3.8, 4) is 22.9 Å². The zero-order valence-electron chi connectivity index (χ0n) is 20.8. The Morgan fingerprint density at radius 1 is 1.11 bits per heavy atom. The number of nitrogens with zero attached hydrogens (tertiary/aromatic N) is 2. The van der Waals surface area contributed by atoms with Crippen LogP contribution in [0.15, 0.2) is 47.0 Å². The molecule has 1 amide bonds. The number of benzene rings is 2. The van der Waals surface area contributed by atoms with Crippen molar-refractivity contribution in [2.45, 2.75) is 64.7 Å². The molecule has 3 aromatic rings. The van der Waals surface area contributed by atoms with Crippen molar-refractivity contribution in [1.29, 1.82) is 0 Å². The Balaban J connectivity index is 1.74. The van der Waals surface area contributed by atoms with E-state index in [2.05, 4.69) is 15.5 Å². The molecule has 4 rings (SSSR count). The van der Waals surface area contributed by atoms with E-state index in [4.69, 9.17) is 18.7 Å². The van der Waals surface area contributed by atoms with Gasteiger partial charge in [0.15, 0.2) is 11.5 Å². The Bertz CT molecular complexity index is 1190. The van der Waals surface area contributed by atoms with E-state index < -0.39 is 18.0 Å². The summed E-state index contributed by atoms with van der Waals surface area (Å²) in [5, 5.41) is 7.09. The normalized spacial score (nSPS) is 14.6. The Morgan fingerprint density at radius 3 is 2.50 bits per heavy atom. The first kappa shape index (κ1) is 25.2. The fourth-order valence-corrected chi connectivity index (χ4v) is 4.35. The number of esters is 1. The lowest BCUT2D eigenvalue weighted by Gasteiger charge is -2.26. The van der Waals surface area contributed by atoms with E-state index in [1.54, 1.807) is 19.1 Å². The van der Waals surface area contributed by atoms with Gasteiger partial charge in [-0.1, -0.05) is 54.8 Å². The van der Waals surface area contributed by atoms with Crippen molar-refractivity contribution < 1.29 is 28.3 Å². The van der Waals surface area contributed by atoms with Gasteiger partial charge < -0.3 is 24.1 Å². The lowest BCUT2D eigenvalue weighted by molar-refractivity contribution is -0.154. The van der Waals surface area contributed by atoms with Gasteiger partial charge in [-0.15, -0.1) is 0 Å². The van der Waals surface area contributed by atoms with E-state index in [1.807, 2.05) is 30.3 Å². The molecule has 0 saturated heterocycles. The van der Waals surface area contributed by atoms with Crippen LogP contribution in [0.2, 0.25) is 0 Å². The van der Waals surface area contributed by atoms with Crippen molar-refractivity contribution in [2.24, 2.45) is 0 Å². The van der Waals surface area contributed by atoms with E-state index in [9.17, 15) is 9.59 Å². The van der Waals surface area contributed by atoms with Gasteiger partial charge in [0.05, 0.1) is 7.11 Å². The first-order valence-electron chi connectivity index (χ1n) is 12.1. The average Bonchev–Trinajstić information content (AvgIpc) is 3.32. The maximum Gasteiger partial charge on any atom is 0.303 e. The highest BCUT2D eigenvalue weighted by Crippen LogP contribution is 2.39. The number of nitrogens with one attached hydrogen (secondary N) is 1. The quantitative estimate of drug-likeness (QED) is 0.427. The smallest absolute Gasteiger partial charge is 0.303 e. The number of aromatic nitrogens is 2. The molecule has 1 N–H and O–H groups in total. The molecule has 1 saturated carbocycles. The number of carbonyl (C=O) groups excluding carboxylic acids is 2. The molecule has 1 unspecified atom stereocenters. The molecule has 9 nitrogen and oxygen atoms in total. The number of methoxy groups -OCH3 is 1. The van der Waals surface area contributed by atoms with Crippen molar-refractivity contribution in [3.05, 3.63) is 59.5 Å². The second kappa shape index (κ2) is 11.7. The lowest BCUT2D eigenvalue weighted by atomic mass is 9.94. The number of ether oxygens (including phenoxy) is 3. The number of amides is 1. The summed E-state index contributed by atoms with van der Waals surface area (Å²) in [6.07, 6.45) is 3.81. The minimum Gasteiger partial charge on any atom is -0.493 e. The number of rotatable bonds is 9. The fourth-order valence-electron chi connectivity index (χ4n) is 4.35. The van der Waals surface area contributed by atoms with E-state index in [0.29, 0.717) is 28.5 Å². The summed E-state index contributed by atoms with van der Waals surface area (Å²) in [5.74, 6) is 0.423. The first-order chi connectivity index (χ1) is 17.4. The molecule has 2 aromatic carbocycles. The van der Waals surface area contributed by atoms with Crippen LogP contribution in [-0.2, 0) is 20.9 Å². The molecule has 1 heterocycles. The third-order valence-electron chi connectivity index (χ3n) is 6.10. The second-order valence-electron chi connectivity index (χ2n) is 8.83. The predicted octanol–water partition coefficient (Wildman–Crippen LogP) is 4.69. The largest absolute Gasteiger partial charge is 0.493 e. The van der Waals surface area contributed by atoms with Crippen LogP contribution in [0, 0.1) is 6.92 Å². The van der Waals surface area contributed by atoms with Gasteiger partial charge in [-0.05, 0) is 30.5 Å². The summed E-state index contributed by atoms with van der Waals surface area (Å²) < 4.78 is 22.4. The minimum absolute atomic E-state index is 0.0345. The molecule has 9 heteroatoms. The van der Waals surface area contributed by atoms with Gasteiger partial charge in [0.1, 0.15) is 6.61 Å². The molecule has 1 aromatic heterocycles. The van der Waals surface area contributed by atoms with E-state index in [-0.39, 0.29) is 18.5 Å².